The first-order chi connectivity index (χ1) is 12.6. The molecule has 0 heterocycles. The standard InChI is InChI=1S/C19H27NO3.C3H8/c1-2-22-18(21)10-5-11-23-19-15-9-4-8-14(13-6-3-7-13)16(15)12-17(19)20;1-3-2/h4,8-9,13,17,19H,2-3,5-7,10-12,20H2,1H3;3H2,1-2H3. The summed E-state index contributed by atoms with van der Waals surface area (Å²) in [4.78, 5) is 11.4. The largest absolute Gasteiger partial charge is 0.466 e. The van der Waals surface area contributed by atoms with Crippen LogP contribution >= 0.6 is 0 Å². The van der Waals surface area contributed by atoms with Crippen molar-refractivity contribution in [3.8, 4) is 0 Å². The lowest BCUT2D eigenvalue weighted by atomic mass is 9.77. The highest BCUT2D eigenvalue weighted by Crippen LogP contribution is 2.43. The van der Waals surface area contributed by atoms with Gasteiger partial charge in [-0.1, -0.05) is 44.9 Å². The Morgan fingerprint density at radius 1 is 1.19 bits per heavy atom. The van der Waals surface area contributed by atoms with Crippen molar-refractivity contribution in [2.24, 2.45) is 5.73 Å². The zero-order valence-corrected chi connectivity index (χ0v) is 16.6. The fraction of sp³-hybridized carbons (Fsp3) is 0.682. The normalized spacial score (nSPS) is 21.4. The summed E-state index contributed by atoms with van der Waals surface area (Å²) in [6.45, 7) is 7.05. The van der Waals surface area contributed by atoms with Crippen LogP contribution in [0.3, 0.4) is 0 Å². The molecule has 2 N–H and O–H groups in total. The summed E-state index contributed by atoms with van der Waals surface area (Å²) in [6, 6.07) is 6.58. The van der Waals surface area contributed by atoms with Gasteiger partial charge in [-0.25, -0.2) is 0 Å². The van der Waals surface area contributed by atoms with E-state index >= 15 is 0 Å². The second-order valence-electron chi connectivity index (χ2n) is 7.32. The van der Waals surface area contributed by atoms with Gasteiger partial charge >= 0.3 is 5.97 Å². The Morgan fingerprint density at radius 2 is 1.88 bits per heavy atom. The Labute approximate surface area is 158 Å². The number of hydrogen-bond donors (Lipinski definition) is 1. The minimum absolute atomic E-state index is 0.0221. The summed E-state index contributed by atoms with van der Waals surface area (Å²) in [5, 5.41) is 0. The van der Waals surface area contributed by atoms with E-state index in [1.54, 1.807) is 0 Å². The molecule has 0 spiro atoms. The molecule has 0 aliphatic heterocycles. The van der Waals surface area contributed by atoms with Gasteiger partial charge in [0, 0.05) is 19.1 Å². The minimum Gasteiger partial charge on any atom is -0.466 e. The van der Waals surface area contributed by atoms with Crippen molar-refractivity contribution in [1.29, 1.82) is 0 Å². The van der Waals surface area contributed by atoms with E-state index in [1.165, 1.54) is 42.4 Å². The van der Waals surface area contributed by atoms with Crippen LogP contribution in [0.2, 0.25) is 0 Å². The van der Waals surface area contributed by atoms with Crippen LogP contribution in [0.25, 0.3) is 0 Å². The molecule has 146 valence electrons. The number of rotatable bonds is 7. The van der Waals surface area contributed by atoms with E-state index in [4.69, 9.17) is 15.2 Å². The van der Waals surface area contributed by atoms with Crippen molar-refractivity contribution in [2.45, 2.75) is 83.8 Å². The average Bonchev–Trinajstić information content (AvgIpc) is 2.88. The number of carbonyl (C=O) groups is 1. The van der Waals surface area contributed by atoms with Crippen molar-refractivity contribution in [3.63, 3.8) is 0 Å². The summed E-state index contributed by atoms with van der Waals surface area (Å²) in [7, 11) is 0. The van der Waals surface area contributed by atoms with Crippen LogP contribution in [-0.4, -0.2) is 25.2 Å². The zero-order valence-electron chi connectivity index (χ0n) is 16.6. The first-order valence-corrected chi connectivity index (χ1v) is 10.3. The third-order valence-corrected chi connectivity index (χ3v) is 5.06. The molecule has 0 aromatic heterocycles. The van der Waals surface area contributed by atoms with Crippen molar-refractivity contribution in [3.05, 3.63) is 34.9 Å². The van der Waals surface area contributed by atoms with E-state index in [2.05, 4.69) is 32.0 Å². The number of carbonyl (C=O) groups excluding carboxylic acids is 1. The summed E-state index contributed by atoms with van der Waals surface area (Å²) < 4.78 is 11.0. The zero-order chi connectivity index (χ0) is 18.9. The van der Waals surface area contributed by atoms with Gasteiger partial charge in [0.15, 0.2) is 0 Å². The Bertz CT molecular complexity index is 569. The summed E-state index contributed by atoms with van der Waals surface area (Å²) >= 11 is 0. The molecule has 1 saturated carbocycles. The molecule has 1 aromatic rings. The smallest absolute Gasteiger partial charge is 0.305 e. The second-order valence-corrected chi connectivity index (χ2v) is 7.32. The molecule has 4 heteroatoms. The van der Waals surface area contributed by atoms with Crippen LogP contribution in [-0.2, 0) is 20.7 Å². The van der Waals surface area contributed by atoms with Gasteiger partial charge < -0.3 is 15.2 Å². The summed E-state index contributed by atoms with van der Waals surface area (Å²) in [5.41, 5.74) is 10.5. The molecule has 2 atom stereocenters. The second kappa shape index (κ2) is 10.7. The molecular weight excluding hydrogens is 326 g/mol. The van der Waals surface area contributed by atoms with Crippen LogP contribution in [0.4, 0.5) is 0 Å². The molecule has 0 bridgehead atoms. The molecule has 1 aromatic carbocycles. The highest BCUT2D eigenvalue weighted by atomic mass is 16.5. The first kappa shape index (κ1) is 20.9. The number of fused-ring (bicyclic) bond motifs is 1. The Morgan fingerprint density at radius 3 is 2.50 bits per heavy atom. The highest BCUT2D eigenvalue weighted by Gasteiger charge is 2.34. The molecule has 4 nitrogen and oxygen atoms in total. The van der Waals surface area contributed by atoms with E-state index < -0.39 is 0 Å². The maximum atomic E-state index is 11.4. The van der Waals surface area contributed by atoms with Crippen molar-refractivity contribution in [1.82, 2.24) is 0 Å². The third-order valence-electron chi connectivity index (χ3n) is 5.06. The van der Waals surface area contributed by atoms with Crippen molar-refractivity contribution in [2.75, 3.05) is 13.2 Å². The first-order valence-electron chi connectivity index (χ1n) is 10.3. The summed E-state index contributed by atoms with van der Waals surface area (Å²) in [5.74, 6) is 0.569. The molecule has 2 aliphatic carbocycles. The summed E-state index contributed by atoms with van der Waals surface area (Å²) in [6.07, 6.45) is 7.16. The van der Waals surface area contributed by atoms with Gasteiger partial charge in [-0.2, -0.15) is 0 Å². The van der Waals surface area contributed by atoms with Gasteiger partial charge in [0.2, 0.25) is 0 Å². The van der Waals surface area contributed by atoms with Gasteiger partial charge in [0.05, 0.1) is 12.7 Å². The number of benzene rings is 1. The molecule has 26 heavy (non-hydrogen) atoms. The Balaban J connectivity index is 0.000000758. The number of hydrogen-bond acceptors (Lipinski definition) is 4. The van der Waals surface area contributed by atoms with Crippen LogP contribution in [0, 0.1) is 0 Å². The molecular formula is C22H35NO3. The molecule has 0 saturated heterocycles. The van der Waals surface area contributed by atoms with Gasteiger partial charge in [0.25, 0.3) is 0 Å². The Hall–Kier alpha value is -1.39. The van der Waals surface area contributed by atoms with Gasteiger partial charge in [0.1, 0.15) is 0 Å². The van der Waals surface area contributed by atoms with Crippen molar-refractivity contribution >= 4 is 5.97 Å². The molecule has 3 rings (SSSR count). The van der Waals surface area contributed by atoms with E-state index in [-0.39, 0.29) is 18.1 Å². The lowest BCUT2D eigenvalue weighted by Crippen LogP contribution is -2.27. The fourth-order valence-corrected chi connectivity index (χ4v) is 3.67. The van der Waals surface area contributed by atoms with Gasteiger partial charge in [-0.3, -0.25) is 4.79 Å². The van der Waals surface area contributed by atoms with E-state index in [9.17, 15) is 4.79 Å². The molecule has 2 unspecified atom stereocenters. The van der Waals surface area contributed by atoms with Crippen LogP contribution in [0.5, 0.6) is 0 Å². The van der Waals surface area contributed by atoms with E-state index in [0.29, 0.717) is 26.1 Å². The monoisotopic (exact) mass is 361 g/mol. The third kappa shape index (κ3) is 5.31. The minimum atomic E-state index is -0.153. The predicted octanol–water partition coefficient (Wildman–Crippen LogP) is 4.65. The highest BCUT2D eigenvalue weighted by molar-refractivity contribution is 5.69. The van der Waals surface area contributed by atoms with Crippen LogP contribution < -0.4 is 5.73 Å². The SMILES string of the molecule is CCC.CCOC(=O)CCCOC1c2cccc(C3CCC3)c2CC1N. The molecule has 1 fully saturated rings. The van der Waals surface area contributed by atoms with Gasteiger partial charge in [-0.05, 0) is 55.2 Å². The van der Waals surface area contributed by atoms with E-state index in [1.807, 2.05) is 6.92 Å². The maximum Gasteiger partial charge on any atom is 0.305 e. The van der Waals surface area contributed by atoms with Crippen LogP contribution in [0.15, 0.2) is 18.2 Å². The molecule has 0 radical (unpaired) electrons. The van der Waals surface area contributed by atoms with Crippen molar-refractivity contribution < 1.29 is 14.3 Å². The predicted molar refractivity (Wildman–Crippen MR) is 105 cm³/mol. The maximum absolute atomic E-state index is 11.4. The average molecular weight is 362 g/mol. The number of nitrogens with two attached hydrogens (primary N) is 1. The van der Waals surface area contributed by atoms with Crippen LogP contribution in [0.1, 0.15) is 88.0 Å². The van der Waals surface area contributed by atoms with E-state index in [0.717, 1.165) is 12.3 Å². The lowest BCUT2D eigenvalue weighted by molar-refractivity contribution is -0.143. The quantitative estimate of drug-likeness (QED) is 0.567. The molecule has 2 aliphatic rings. The number of esters is 1. The number of ether oxygens (including phenoxy) is 2. The molecule has 0 amide bonds. The lowest BCUT2D eigenvalue weighted by Gasteiger charge is -2.28. The van der Waals surface area contributed by atoms with Gasteiger partial charge in [-0.15, -0.1) is 0 Å². The topological polar surface area (TPSA) is 61.5 Å². The fourth-order valence-electron chi connectivity index (χ4n) is 3.67. The Kier molecular flexibility index (Phi) is 8.60.